The zero-order valence-corrected chi connectivity index (χ0v) is 12.5. The third kappa shape index (κ3) is 3.37. The number of nitro groups is 1. The average Bonchev–Trinajstić information content (AvgIpc) is 3.04. The maximum absolute atomic E-state index is 10.7. The number of aromatic amines is 1. The topological polar surface area (TPSA) is 81.1 Å². The van der Waals surface area contributed by atoms with Gasteiger partial charge >= 0.3 is 0 Å². The second-order valence-electron chi connectivity index (χ2n) is 5.11. The minimum absolute atomic E-state index is 0.0720. The van der Waals surface area contributed by atoms with E-state index in [9.17, 15) is 10.1 Å². The lowest BCUT2D eigenvalue weighted by Gasteiger charge is -2.01. The molecule has 1 heterocycles. The summed E-state index contributed by atoms with van der Waals surface area (Å²) in [7, 11) is 1.64. The lowest BCUT2D eigenvalue weighted by atomic mass is 10.1. The number of rotatable bonds is 5. The molecule has 1 N–H and O–H groups in total. The molecule has 6 heteroatoms. The number of nitro benzene ring substituents is 1. The Morgan fingerprint density at radius 2 is 1.83 bits per heavy atom. The van der Waals surface area contributed by atoms with Crippen LogP contribution in [0, 0.1) is 10.1 Å². The molecule has 0 fully saturated rings. The molecule has 0 aliphatic heterocycles. The molecule has 0 aliphatic carbocycles. The molecule has 116 valence electrons. The fourth-order valence-electron chi connectivity index (χ4n) is 2.32. The van der Waals surface area contributed by atoms with Crippen molar-refractivity contribution in [1.29, 1.82) is 0 Å². The highest BCUT2D eigenvalue weighted by Crippen LogP contribution is 2.22. The smallest absolute Gasteiger partial charge is 0.269 e. The van der Waals surface area contributed by atoms with Crippen LogP contribution in [-0.4, -0.2) is 22.2 Å². The summed E-state index contributed by atoms with van der Waals surface area (Å²) in [5.41, 5.74) is 3.80. The second-order valence-corrected chi connectivity index (χ2v) is 5.11. The maximum Gasteiger partial charge on any atom is 0.269 e. The molecule has 0 unspecified atom stereocenters. The Labute approximate surface area is 132 Å². The molecule has 0 spiro atoms. The van der Waals surface area contributed by atoms with Crippen LogP contribution in [0.1, 0.15) is 11.3 Å². The molecule has 0 radical (unpaired) electrons. The summed E-state index contributed by atoms with van der Waals surface area (Å²) in [5, 5.41) is 18.0. The number of nitrogens with zero attached hydrogens (tertiary/aromatic N) is 2. The quantitative estimate of drug-likeness (QED) is 0.577. The Kier molecular flexibility index (Phi) is 4.05. The predicted octanol–water partition coefficient (Wildman–Crippen LogP) is 3.58. The van der Waals surface area contributed by atoms with Gasteiger partial charge in [-0.1, -0.05) is 12.1 Å². The summed E-state index contributed by atoms with van der Waals surface area (Å²) in [6, 6.07) is 16.2. The van der Waals surface area contributed by atoms with Crippen LogP contribution >= 0.6 is 0 Å². The van der Waals surface area contributed by atoms with Gasteiger partial charge in [0.2, 0.25) is 0 Å². The van der Waals surface area contributed by atoms with Crippen molar-refractivity contribution in [3.63, 3.8) is 0 Å². The van der Waals surface area contributed by atoms with Crippen LogP contribution in [0.5, 0.6) is 5.75 Å². The molecule has 2 aromatic carbocycles. The van der Waals surface area contributed by atoms with Gasteiger partial charge in [0.15, 0.2) is 0 Å². The lowest BCUT2D eigenvalue weighted by Crippen LogP contribution is -1.89. The molecule has 23 heavy (non-hydrogen) atoms. The molecule has 3 rings (SSSR count). The van der Waals surface area contributed by atoms with Gasteiger partial charge in [-0.05, 0) is 35.9 Å². The van der Waals surface area contributed by atoms with Crippen molar-refractivity contribution in [2.24, 2.45) is 0 Å². The third-order valence-electron chi connectivity index (χ3n) is 3.56. The molecule has 3 aromatic rings. The first-order valence-corrected chi connectivity index (χ1v) is 7.08. The number of methoxy groups -OCH3 is 1. The third-order valence-corrected chi connectivity index (χ3v) is 3.56. The van der Waals surface area contributed by atoms with Gasteiger partial charge in [-0.2, -0.15) is 5.10 Å². The summed E-state index contributed by atoms with van der Waals surface area (Å²) in [5.74, 6) is 0.824. The second kappa shape index (κ2) is 6.31. The Morgan fingerprint density at radius 3 is 2.43 bits per heavy atom. The molecule has 0 atom stereocenters. The minimum Gasteiger partial charge on any atom is -0.497 e. The van der Waals surface area contributed by atoms with Crippen molar-refractivity contribution in [1.82, 2.24) is 10.2 Å². The molecule has 0 saturated heterocycles. The van der Waals surface area contributed by atoms with E-state index in [1.54, 1.807) is 19.2 Å². The van der Waals surface area contributed by atoms with E-state index < -0.39 is 4.92 Å². The van der Waals surface area contributed by atoms with Gasteiger partial charge in [0.1, 0.15) is 5.75 Å². The first-order chi connectivity index (χ1) is 11.2. The fourth-order valence-corrected chi connectivity index (χ4v) is 2.32. The van der Waals surface area contributed by atoms with E-state index in [4.69, 9.17) is 4.74 Å². The van der Waals surface area contributed by atoms with E-state index in [2.05, 4.69) is 10.2 Å². The van der Waals surface area contributed by atoms with E-state index in [0.717, 1.165) is 34.7 Å². The van der Waals surface area contributed by atoms with Crippen molar-refractivity contribution < 1.29 is 9.66 Å². The van der Waals surface area contributed by atoms with E-state index in [1.165, 1.54) is 12.1 Å². The molecule has 1 aromatic heterocycles. The molecular formula is C17H15N3O3. The summed E-state index contributed by atoms with van der Waals surface area (Å²) < 4.78 is 5.14. The van der Waals surface area contributed by atoms with Crippen molar-refractivity contribution in [2.75, 3.05) is 7.11 Å². The SMILES string of the molecule is COc1ccc(Cc2cc(-c3ccc([N+](=O)[O-])cc3)n[nH]2)cc1. The van der Waals surface area contributed by atoms with Crippen molar-refractivity contribution >= 4 is 5.69 Å². The van der Waals surface area contributed by atoms with Crippen LogP contribution in [0.2, 0.25) is 0 Å². The van der Waals surface area contributed by atoms with Gasteiger partial charge in [-0.25, -0.2) is 0 Å². The number of hydrogen-bond acceptors (Lipinski definition) is 4. The van der Waals surface area contributed by atoms with Crippen molar-refractivity contribution in [3.05, 3.63) is 76.0 Å². The van der Waals surface area contributed by atoms with Crippen LogP contribution in [0.15, 0.2) is 54.6 Å². The molecule has 6 nitrogen and oxygen atoms in total. The van der Waals surface area contributed by atoms with Crippen molar-refractivity contribution in [3.8, 4) is 17.0 Å². The molecule has 0 bridgehead atoms. The average molecular weight is 309 g/mol. The van der Waals surface area contributed by atoms with Crippen LogP contribution in [-0.2, 0) is 6.42 Å². The Morgan fingerprint density at radius 1 is 1.13 bits per heavy atom. The fraction of sp³-hybridized carbons (Fsp3) is 0.118. The van der Waals surface area contributed by atoms with Gasteiger partial charge < -0.3 is 4.74 Å². The summed E-state index contributed by atoms with van der Waals surface area (Å²) in [6.45, 7) is 0. The molecule has 0 amide bonds. The molecule has 0 saturated carbocycles. The first kappa shape index (κ1) is 14.8. The lowest BCUT2D eigenvalue weighted by molar-refractivity contribution is -0.384. The van der Waals surface area contributed by atoms with Gasteiger partial charge in [0, 0.05) is 29.8 Å². The monoisotopic (exact) mass is 309 g/mol. The molecule has 0 aliphatic rings. The van der Waals surface area contributed by atoms with Gasteiger partial charge in [-0.15, -0.1) is 0 Å². The zero-order valence-electron chi connectivity index (χ0n) is 12.5. The predicted molar refractivity (Wildman–Crippen MR) is 86.5 cm³/mol. The molecular weight excluding hydrogens is 294 g/mol. The van der Waals surface area contributed by atoms with E-state index in [0.29, 0.717) is 0 Å². The van der Waals surface area contributed by atoms with Crippen LogP contribution in [0.25, 0.3) is 11.3 Å². The van der Waals surface area contributed by atoms with Gasteiger partial charge in [-0.3, -0.25) is 15.2 Å². The Balaban J connectivity index is 1.75. The Hall–Kier alpha value is -3.15. The van der Waals surface area contributed by atoms with Crippen LogP contribution in [0.4, 0.5) is 5.69 Å². The number of ether oxygens (including phenoxy) is 1. The Bertz CT molecular complexity index is 808. The number of non-ortho nitro benzene ring substituents is 1. The summed E-state index contributed by atoms with van der Waals surface area (Å²) >= 11 is 0. The highest BCUT2D eigenvalue weighted by molar-refractivity contribution is 5.61. The first-order valence-electron chi connectivity index (χ1n) is 7.08. The number of benzene rings is 2. The van der Waals surface area contributed by atoms with Crippen LogP contribution in [0.3, 0.4) is 0 Å². The van der Waals surface area contributed by atoms with Crippen molar-refractivity contribution in [2.45, 2.75) is 6.42 Å². The number of aromatic nitrogens is 2. The van der Waals surface area contributed by atoms with E-state index in [1.807, 2.05) is 30.3 Å². The van der Waals surface area contributed by atoms with E-state index in [-0.39, 0.29) is 5.69 Å². The van der Waals surface area contributed by atoms with Crippen LogP contribution < -0.4 is 4.74 Å². The number of hydrogen-bond donors (Lipinski definition) is 1. The summed E-state index contributed by atoms with van der Waals surface area (Å²) in [6.07, 6.45) is 0.726. The minimum atomic E-state index is -0.413. The largest absolute Gasteiger partial charge is 0.497 e. The highest BCUT2D eigenvalue weighted by atomic mass is 16.6. The number of nitrogens with one attached hydrogen (secondary N) is 1. The van der Waals surface area contributed by atoms with Gasteiger partial charge in [0.25, 0.3) is 5.69 Å². The maximum atomic E-state index is 10.7. The number of H-pyrrole nitrogens is 1. The zero-order chi connectivity index (χ0) is 16.2. The highest BCUT2D eigenvalue weighted by Gasteiger charge is 2.08. The van der Waals surface area contributed by atoms with E-state index >= 15 is 0 Å². The standard InChI is InChI=1S/C17H15N3O3/c1-23-16-8-2-12(3-9-16)10-14-11-17(19-18-14)13-4-6-15(7-5-13)20(21)22/h2-9,11H,10H2,1H3,(H,18,19). The van der Waals surface area contributed by atoms with Gasteiger partial charge in [0.05, 0.1) is 17.7 Å². The summed E-state index contributed by atoms with van der Waals surface area (Å²) in [4.78, 5) is 10.3. The normalized spacial score (nSPS) is 10.5.